The zero-order chi connectivity index (χ0) is 6.20. The Hall–Kier alpha value is 0.250. The molecule has 0 amide bonds. The maximum absolute atomic E-state index is 5.65. The van der Waals surface area contributed by atoms with Crippen LogP contribution in [-0.4, -0.2) is 18.6 Å². The summed E-state index contributed by atoms with van der Waals surface area (Å²) >= 11 is 5.65. The molecule has 0 aromatic rings. The van der Waals surface area contributed by atoms with E-state index in [1.165, 1.54) is 0 Å². The third kappa shape index (κ3) is 1.15. The van der Waals surface area contributed by atoms with E-state index in [2.05, 4.69) is 13.8 Å². The fourth-order valence-electron chi connectivity index (χ4n) is 0.585. The summed E-state index contributed by atoms with van der Waals surface area (Å²) in [7, 11) is 0. The molecule has 1 unspecified atom stereocenters. The van der Waals surface area contributed by atoms with E-state index in [0.717, 1.165) is 6.61 Å². The second-order valence-electron chi connectivity index (χ2n) is 2.94. The number of hydrogen-bond donors (Lipinski definition) is 0. The number of alkyl halides is 1. The minimum atomic E-state index is 0.196. The summed E-state index contributed by atoms with van der Waals surface area (Å²) in [6, 6.07) is 0. The van der Waals surface area contributed by atoms with Gasteiger partial charge in [-0.2, -0.15) is 0 Å². The van der Waals surface area contributed by atoms with Crippen LogP contribution in [0.15, 0.2) is 0 Å². The van der Waals surface area contributed by atoms with Crippen molar-refractivity contribution >= 4 is 11.6 Å². The maximum Gasteiger partial charge on any atom is 0.0872 e. The van der Waals surface area contributed by atoms with Gasteiger partial charge in [-0.15, -0.1) is 11.6 Å². The zero-order valence-electron chi connectivity index (χ0n) is 5.28. The van der Waals surface area contributed by atoms with Crippen LogP contribution >= 0.6 is 11.6 Å². The number of epoxide rings is 1. The van der Waals surface area contributed by atoms with Gasteiger partial charge in [0.05, 0.1) is 12.7 Å². The van der Waals surface area contributed by atoms with Crippen LogP contribution in [0.3, 0.4) is 0 Å². The molecule has 48 valence electrons. The van der Waals surface area contributed by atoms with Crippen LogP contribution in [-0.2, 0) is 4.74 Å². The Morgan fingerprint density at radius 1 is 1.75 bits per heavy atom. The number of ether oxygens (including phenoxy) is 1. The average molecular weight is 135 g/mol. The quantitative estimate of drug-likeness (QED) is 0.413. The molecule has 2 heteroatoms. The summed E-state index contributed by atoms with van der Waals surface area (Å²) in [5, 5.41) is 0. The van der Waals surface area contributed by atoms with Gasteiger partial charge in [-0.25, -0.2) is 0 Å². The van der Waals surface area contributed by atoms with E-state index in [1.54, 1.807) is 0 Å². The van der Waals surface area contributed by atoms with Crippen LogP contribution < -0.4 is 0 Å². The van der Waals surface area contributed by atoms with E-state index in [-0.39, 0.29) is 5.41 Å². The van der Waals surface area contributed by atoms with Crippen LogP contribution in [0, 0.1) is 5.41 Å². The van der Waals surface area contributed by atoms with Gasteiger partial charge in [0.15, 0.2) is 0 Å². The number of rotatable bonds is 2. The molecule has 0 bridgehead atoms. The van der Waals surface area contributed by atoms with Gasteiger partial charge in [-0.1, -0.05) is 13.8 Å². The van der Waals surface area contributed by atoms with Crippen LogP contribution in [0.2, 0.25) is 0 Å². The van der Waals surface area contributed by atoms with Crippen LogP contribution in [0.4, 0.5) is 0 Å². The molecule has 8 heavy (non-hydrogen) atoms. The predicted octanol–water partition coefficient (Wildman–Crippen LogP) is 1.65. The van der Waals surface area contributed by atoms with Gasteiger partial charge in [0, 0.05) is 11.3 Å². The third-order valence-corrected chi connectivity index (χ3v) is 2.24. The summed E-state index contributed by atoms with van der Waals surface area (Å²) in [6.07, 6.45) is 0.431. The Labute approximate surface area is 55.0 Å². The van der Waals surface area contributed by atoms with Crippen molar-refractivity contribution in [1.82, 2.24) is 0 Å². The highest BCUT2D eigenvalue weighted by atomic mass is 35.5. The first-order valence-corrected chi connectivity index (χ1v) is 3.38. The van der Waals surface area contributed by atoms with E-state index in [4.69, 9.17) is 16.3 Å². The fourth-order valence-corrected chi connectivity index (χ4v) is 0.757. The molecule has 1 nitrogen and oxygen atoms in total. The lowest BCUT2D eigenvalue weighted by Gasteiger charge is -2.16. The second-order valence-corrected chi connectivity index (χ2v) is 3.21. The molecular weight excluding hydrogens is 124 g/mol. The Morgan fingerprint density at radius 3 is 2.38 bits per heavy atom. The Balaban J connectivity index is 2.37. The van der Waals surface area contributed by atoms with Crippen molar-refractivity contribution in [3.8, 4) is 0 Å². The van der Waals surface area contributed by atoms with Gasteiger partial charge >= 0.3 is 0 Å². The molecule has 0 spiro atoms. The van der Waals surface area contributed by atoms with Crippen molar-refractivity contribution in [1.29, 1.82) is 0 Å². The molecule has 1 aliphatic heterocycles. The monoisotopic (exact) mass is 134 g/mol. The molecule has 0 saturated carbocycles. The van der Waals surface area contributed by atoms with E-state index < -0.39 is 0 Å². The molecule has 1 fully saturated rings. The van der Waals surface area contributed by atoms with Crippen molar-refractivity contribution in [2.45, 2.75) is 20.0 Å². The van der Waals surface area contributed by atoms with E-state index in [0.29, 0.717) is 12.0 Å². The van der Waals surface area contributed by atoms with Crippen molar-refractivity contribution in [2.75, 3.05) is 12.5 Å². The average Bonchev–Trinajstić information content (AvgIpc) is 2.44. The van der Waals surface area contributed by atoms with Gasteiger partial charge in [0.2, 0.25) is 0 Å². The van der Waals surface area contributed by atoms with E-state index >= 15 is 0 Å². The summed E-state index contributed by atoms with van der Waals surface area (Å²) in [5.74, 6) is 0.692. The molecule has 1 heterocycles. The SMILES string of the molecule is CC(C)(CCl)C1CO1. The third-order valence-electron chi connectivity index (χ3n) is 1.55. The first-order chi connectivity index (χ1) is 3.67. The summed E-state index contributed by atoms with van der Waals surface area (Å²) in [4.78, 5) is 0. The molecule has 1 rings (SSSR count). The van der Waals surface area contributed by atoms with Crippen LogP contribution in [0.5, 0.6) is 0 Å². The zero-order valence-corrected chi connectivity index (χ0v) is 6.03. The predicted molar refractivity (Wildman–Crippen MR) is 34.2 cm³/mol. The molecule has 0 radical (unpaired) electrons. The van der Waals surface area contributed by atoms with Crippen molar-refractivity contribution in [3.05, 3.63) is 0 Å². The molecule has 0 aliphatic carbocycles. The number of halogens is 1. The van der Waals surface area contributed by atoms with Crippen LogP contribution in [0.1, 0.15) is 13.8 Å². The molecule has 0 aromatic heterocycles. The first kappa shape index (κ1) is 6.37. The van der Waals surface area contributed by atoms with E-state index in [1.807, 2.05) is 0 Å². The highest BCUT2D eigenvalue weighted by molar-refractivity contribution is 6.18. The van der Waals surface area contributed by atoms with E-state index in [9.17, 15) is 0 Å². The fraction of sp³-hybridized carbons (Fsp3) is 1.00. The molecule has 0 aromatic carbocycles. The normalized spacial score (nSPS) is 28.1. The van der Waals surface area contributed by atoms with Gasteiger partial charge in [0.25, 0.3) is 0 Å². The molecule has 1 aliphatic rings. The van der Waals surface area contributed by atoms with Crippen LogP contribution in [0.25, 0.3) is 0 Å². The lowest BCUT2D eigenvalue weighted by Crippen LogP contribution is -2.20. The highest BCUT2D eigenvalue weighted by Gasteiger charge is 2.38. The molecule has 1 saturated heterocycles. The highest BCUT2D eigenvalue weighted by Crippen LogP contribution is 2.32. The largest absolute Gasteiger partial charge is 0.373 e. The van der Waals surface area contributed by atoms with Gasteiger partial charge < -0.3 is 4.74 Å². The molecular formula is C6H11ClO. The standard InChI is InChI=1S/C6H11ClO/c1-6(2,4-7)5-3-8-5/h5H,3-4H2,1-2H3. The van der Waals surface area contributed by atoms with Crippen molar-refractivity contribution < 1.29 is 4.74 Å². The smallest absolute Gasteiger partial charge is 0.0872 e. The summed E-state index contributed by atoms with van der Waals surface area (Å²) in [6.45, 7) is 5.15. The van der Waals surface area contributed by atoms with Gasteiger partial charge in [0.1, 0.15) is 0 Å². The lowest BCUT2D eigenvalue weighted by atomic mass is 9.92. The van der Waals surface area contributed by atoms with Crippen molar-refractivity contribution in [2.24, 2.45) is 5.41 Å². The van der Waals surface area contributed by atoms with Gasteiger partial charge in [-0.3, -0.25) is 0 Å². The Kier molecular flexibility index (Phi) is 1.50. The Morgan fingerprint density at radius 2 is 2.25 bits per heavy atom. The molecule has 0 N–H and O–H groups in total. The minimum absolute atomic E-state index is 0.196. The Bertz CT molecular complexity index is 86.5. The second kappa shape index (κ2) is 1.89. The lowest BCUT2D eigenvalue weighted by molar-refractivity contribution is 0.269. The summed E-state index contributed by atoms with van der Waals surface area (Å²) in [5.41, 5.74) is 0.196. The maximum atomic E-state index is 5.65. The summed E-state index contributed by atoms with van der Waals surface area (Å²) < 4.78 is 5.08. The minimum Gasteiger partial charge on any atom is -0.373 e. The van der Waals surface area contributed by atoms with Gasteiger partial charge in [-0.05, 0) is 0 Å². The van der Waals surface area contributed by atoms with Crippen molar-refractivity contribution in [3.63, 3.8) is 0 Å². The molecule has 1 atom stereocenters. The first-order valence-electron chi connectivity index (χ1n) is 2.84. The number of hydrogen-bond acceptors (Lipinski definition) is 1. The topological polar surface area (TPSA) is 12.5 Å².